The van der Waals surface area contributed by atoms with Crippen LogP contribution in [0.25, 0.3) is 6.08 Å². The van der Waals surface area contributed by atoms with Gasteiger partial charge in [-0.15, -0.1) is 0 Å². The molecule has 3 aromatic carbocycles. The Morgan fingerprint density at radius 1 is 1.00 bits per heavy atom. The van der Waals surface area contributed by atoms with E-state index in [0.717, 1.165) is 20.9 Å². The summed E-state index contributed by atoms with van der Waals surface area (Å²) in [5, 5.41) is -0.312. The van der Waals surface area contributed by atoms with Crippen LogP contribution in [0.1, 0.15) is 28.4 Å². The number of ether oxygens (including phenoxy) is 2. The molecule has 1 aliphatic heterocycles. The molecule has 0 N–H and O–H groups in total. The summed E-state index contributed by atoms with van der Waals surface area (Å²) in [6.45, 7) is 2.41. The smallest absolute Gasteiger partial charge is 0.344 e. The van der Waals surface area contributed by atoms with Gasteiger partial charge in [0.05, 0.1) is 23.6 Å². The standard InChI is InChI=1S/C26H20INO5S/c1-2-32-22-14-18(12-13-21(22)33-25(30)19-10-6-7-11-20(19)27)15-23-24(29)28(26(31)34-23)16-17-8-4-3-5-9-17/h3-15H,2,16H2,1H3/b23-15-. The van der Waals surface area contributed by atoms with Gasteiger partial charge in [0.1, 0.15) is 0 Å². The maximum absolute atomic E-state index is 12.9. The summed E-state index contributed by atoms with van der Waals surface area (Å²) in [6, 6.07) is 21.5. The first-order valence-electron chi connectivity index (χ1n) is 10.5. The number of imide groups is 1. The van der Waals surface area contributed by atoms with Crippen molar-refractivity contribution in [2.24, 2.45) is 0 Å². The fraction of sp³-hybridized carbons (Fsp3) is 0.115. The summed E-state index contributed by atoms with van der Waals surface area (Å²) in [5.41, 5.74) is 1.99. The van der Waals surface area contributed by atoms with Gasteiger partial charge in [-0.25, -0.2) is 4.79 Å². The quantitative estimate of drug-likeness (QED) is 0.144. The Morgan fingerprint density at radius 2 is 1.74 bits per heavy atom. The van der Waals surface area contributed by atoms with Gasteiger partial charge >= 0.3 is 5.97 Å². The maximum atomic E-state index is 12.9. The summed E-state index contributed by atoms with van der Waals surface area (Å²) in [5.74, 6) is -0.174. The normalized spacial score (nSPS) is 14.5. The summed E-state index contributed by atoms with van der Waals surface area (Å²) in [4.78, 5) is 39.5. The van der Waals surface area contributed by atoms with Gasteiger partial charge < -0.3 is 9.47 Å². The molecule has 1 fully saturated rings. The van der Waals surface area contributed by atoms with Crippen molar-refractivity contribution in [1.82, 2.24) is 4.90 Å². The van der Waals surface area contributed by atoms with E-state index < -0.39 is 5.97 Å². The molecule has 6 nitrogen and oxygen atoms in total. The van der Waals surface area contributed by atoms with Gasteiger partial charge in [-0.1, -0.05) is 48.5 Å². The summed E-state index contributed by atoms with van der Waals surface area (Å²) >= 11 is 2.98. The Hall–Kier alpha value is -3.11. The van der Waals surface area contributed by atoms with Crippen molar-refractivity contribution in [1.29, 1.82) is 0 Å². The van der Waals surface area contributed by atoms with E-state index in [-0.39, 0.29) is 23.4 Å². The van der Waals surface area contributed by atoms with Gasteiger partial charge in [-0.2, -0.15) is 0 Å². The van der Waals surface area contributed by atoms with Crippen molar-refractivity contribution in [3.05, 3.63) is 98.0 Å². The highest BCUT2D eigenvalue weighted by Gasteiger charge is 2.35. The second-order valence-corrected chi connectivity index (χ2v) is 9.42. The maximum Gasteiger partial charge on any atom is 0.344 e. The molecule has 0 aromatic heterocycles. The van der Waals surface area contributed by atoms with Crippen LogP contribution in [0.4, 0.5) is 4.79 Å². The predicted octanol–water partition coefficient (Wildman–Crippen LogP) is 6.15. The average molecular weight is 585 g/mol. The minimum atomic E-state index is -0.485. The van der Waals surface area contributed by atoms with Crippen LogP contribution < -0.4 is 9.47 Å². The topological polar surface area (TPSA) is 72.9 Å². The molecule has 0 aliphatic carbocycles. The Morgan fingerprint density at radius 3 is 2.47 bits per heavy atom. The van der Waals surface area contributed by atoms with Gasteiger partial charge in [-0.3, -0.25) is 14.5 Å². The molecule has 3 aromatic rings. The first kappa shape index (κ1) is 24.0. The zero-order valence-corrected chi connectivity index (χ0v) is 21.2. The van der Waals surface area contributed by atoms with E-state index in [1.54, 1.807) is 36.4 Å². The molecular weight excluding hydrogens is 565 g/mol. The van der Waals surface area contributed by atoms with E-state index in [1.807, 2.05) is 49.4 Å². The van der Waals surface area contributed by atoms with Crippen LogP contribution in [0.5, 0.6) is 11.5 Å². The average Bonchev–Trinajstić information content (AvgIpc) is 3.09. The molecular formula is C26H20INO5S. The molecule has 34 heavy (non-hydrogen) atoms. The Kier molecular flexibility index (Phi) is 7.69. The van der Waals surface area contributed by atoms with Crippen molar-refractivity contribution >= 4 is 57.5 Å². The molecule has 0 radical (unpaired) electrons. The molecule has 0 unspecified atom stereocenters. The highest BCUT2D eigenvalue weighted by molar-refractivity contribution is 14.1. The van der Waals surface area contributed by atoms with Crippen LogP contribution >= 0.6 is 34.4 Å². The lowest BCUT2D eigenvalue weighted by Gasteiger charge is -2.13. The number of hydrogen-bond donors (Lipinski definition) is 0. The third-order valence-electron chi connectivity index (χ3n) is 4.92. The molecule has 8 heteroatoms. The molecule has 4 rings (SSSR count). The summed E-state index contributed by atoms with van der Waals surface area (Å²) in [7, 11) is 0. The molecule has 1 saturated heterocycles. The number of nitrogens with zero attached hydrogens (tertiary/aromatic N) is 1. The van der Waals surface area contributed by atoms with Gasteiger partial charge in [0.25, 0.3) is 11.1 Å². The highest BCUT2D eigenvalue weighted by Crippen LogP contribution is 2.35. The number of thioether (sulfide) groups is 1. The molecule has 1 aliphatic rings. The van der Waals surface area contributed by atoms with Gasteiger partial charge in [-0.05, 0) is 82.7 Å². The van der Waals surface area contributed by atoms with E-state index in [1.165, 1.54) is 4.90 Å². The monoisotopic (exact) mass is 585 g/mol. The zero-order valence-electron chi connectivity index (χ0n) is 18.2. The molecule has 0 saturated carbocycles. The second kappa shape index (κ2) is 10.9. The molecule has 0 bridgehead atoms. The molecule has 2 amide bonds. The van der Waals surface area contributed by atoms with Crippen molar-refractivity contribution in [2.75, 3.05) is 6.61 Å². The van der Waals surface area contributed by atoms with Crippen molar-refractivity contribution in [2.45, 2.75) is 13.5 Å². The lowest BCUT2D eigenvalue weighted by Crippen LogP contribution is -2.27. The van der Waals surface area contributed by atoms with Gasteiger partial charge in [0, 0.05) is 3.57 Å². The van der Waals surface area contributed by atoms with Crippen LogP contribution in [-0.2, 0) is 11.3 Å². The lowest BCUT2D eigenvalue weighted by molar-refractivity contribution is -0.123. The zero-order chi connectivity index (χ0) is 24.1. The number of amides is 2. The Labute approximate surface area is 215 Å². The van der Waals surface area contributed by atoms with Crippen molar-refractivity contribution in [3.63, 3.8) is 0 Å². The highest BCUT2D eigenvalue weighted by atomic mass is 127. The summed E-state index contributed by atoms with van der Waals surface area (Å²) < 4.78 is 12.1. The van der Waals surface area contributed by atoms with Crippen molar-refractivity contribution in [3.8, 4) is 11.5 Å². The number of rotatable bonds is 7. The molecule has 1 heterocycles. The number of esters is 1. The van der Waals surface area contributed by atoms with E-state index in [0.29, 0.717) is 28.4 Å². The van der Waals surface area contributed by atoms with Crippen LogP contribution in [0.3, 0.4) is 0 Å². The van der Waals surface area contributed by atoms with Crippen LogP contribution in [0, 0.1) is 3.57 Å². The molecule has 0 spiro atoms. The first-order chi connectivity index (χ1) is 16.5. The first-order valence-corrected chi connectivity index (χ1v) is 12.4. The van der Waals surface area contributed by atoms with E-state index in [9.17, 15) is 14.4 Å². The second-order valence-electron chi connectivity index (χ2n) is 7.26. The Balaban J connectivity index is 1.55. The minimum Gasteiger partial charge on any atom is -0.490 e. The van der Waals surface area contributed by atoms with Crippen LogP contribution in [0.2, 0.25) is 0 Å². The predicted molar refractivity (Wildman–Crippen MR) is 140 cm³/mol. The lowest BCUT2D eigenvalue weighted by atomic mass is 10.1. The van der Waals surface area contributed by atoms with Crippen LogP contribution in [-0.4, -0.2) is 28.6 Å². The fourth-order valence-corrected chi connectivity index (χ4v) is 4.75. The third-order valence-corrected chi connectivity index (χ3v) is 6.77. The largest absolute Gasteiger partial charge is 0.490 e. The minimum absolute atomic E-state index is 0.222. The number of carbonyl (C=O) groups excluding carboxylic acids is 3. The van der Waals surface area contributed by atoms with E-state index >= 15 is 0 Å². The number of halogens is 1. The van der Waals surface area contributed by atoms with E-state index in [2.05, 4.69) is 22.6 Å². The SMILES string of the molecule is CCOc1cc(/C=C2\SC(=O)N(Cc3ccccc3)C2=O)ccc1OC(=O)c1ccccc1I. The van der Waals surface area contributed by atoms with E-state index in [4.69, 9.17) is 9.47 Å². The molecule has 172 valence electrons. The fourth-order valence-electron chi connectivity index (χ4n) is 3.30. The Bertz CT molecular complexity index is 1280. The van der Waals surface area contributed by atoms with Crippen LogP contribution in [0.15, 0.2) is 77.7 Å². The van der Waals surface area contributed by atoms with Crippen molar-refractivity contribution < 1.29 is 23.9 Å². The number of hydrogen-bond acceptors (Lipinski definition) is 6. The summed E-state index contributed by atoms with van der Waals surface area (Å²) in [6.07, 6.45) is 1.64. The third kappa shape index (κ3) is 5.51. The van der Waals surface area contributed by atoms with Gasteiger partial charge in [0.15, 0.2) is 11.5 Å². The number of carbonyl (C=O) groups is 3. The van der Waals surface area contributed by atoms with Gasteiger partial charge in [0.2, 0.25) is 0 Å². The number of benzene rings is 3. The molecule has 0 atom stereocenters.